The van der Waals surface area contributed by atoms with Crippen molar-refractivity contribution >= 4 is 99.6 Å². The number of hydrogen-bond donors (Lipinski definition) is 14. The lowest BCUT2D eigenvalue weighted by Gasteiger charge is -2.08. The number of cyclic esters (lactones) is 1. The largest absolute Gasteiger partial charge is 0.502 e. The number of benzene rings is 5. The van der Waals surface area contributed by atoms with Crippen LogP contribution < -0.4 is 82.6 Å². The molecule has 0 radical (unpaired) electrons. The van der Waals surface area contributed by atoms with Crippen molar-refractivity contribution in [3.8, 4) is 92.0 Å². The van der Waals surface area contributed by atoms with Gasteiger partial charge in [-0.2, -0.15) is 25.3 Å². The van der Waals surface area contributed by atoms with Crippen molar-refractivity contribution in [3.05, 3.63) is 311 Å². The molecule has 784 valence electrons. The number of aryl methyl sites for hydroxylation is 3. The predicted molar refractivity (Wildman–Crippen MR) is 532 cm³/mol. The maximum Gasteiger partial charge on any atom is 0.383 e. The van der Waals surface area contributed by atoms with E-state index in [4.69, 9.17) is 67.8 Å². The first-order valence-electron chi connectivity index (χ1n) is 44.4. The molecule has 38 nitrogen and oxygen atoms in total. The number of aliphatic hydroxyl groups is 2. The highest BCUT2D eigenvalue weighted by Gasteiger charge is 2.30. The van der Waals surface area contributed by atoms with Gasteiger partial charge in [0.05, 0.1) is 27.1 Å². The van der Waals surface area contributed by atoms with E-state index in [1.54, 1.807) is 140 Å². The van der Waals surface area contributed by atoms with Crippen LogP contribution in [0.15, 0.2) is 243 Å². The summed E-state index contributed by atoms with van der Waals surface area (Å²) in [5, 5.41) is 114. The minimum Gasteiger partial charge on any atom is -0.502 e. The fourth-order valence-corrected chi connectivity index (χ4v) is 15.1. The summed E-state index contributed by atoms with van der Waals surface area (Å²) >= 11 is 0. The van der Waals surface area contributed by atoms with Gasteiger partial charge in [-0.25, -0.2) is 18.0 Å². The van der Waals surface area contributed by atoms with Crippen molar-refractivity contribution in [1.82, 2.24) is 19.9 Å². The number of esters is 1. The standard InChI is InChI=1S/C22H22O7S.C21H21NO7S.C19H19NO8S.C15H15FO4.C14H14FNO4.C13H14FNO4/c1-15-3-10-19(11-4-15)30(25,26)28-14-13-27-18-8-5-17(6-9-18)7-12-20-22(24)21(23)16(2)29-20;1-14-3-8-18(9-4-14)30(25,26)28-12-11-27-17-7-5-16(22-13-17)6-10-19-21(24)20(23)15(2)29-19;1-12-2-5-15(6-3-12)29(24,25)27-9-8-26-14-10-13(20-11-14)4-7-16-17(21)18(22)19(23)28-16;1-10-14(17)15(18)13(20-10)7-4-11-2-5-12(6-3-11)19-9-8-16;1-9-13(17)14(18)12(20-9)5-3-10-2-4-11(8-16-10)19-7-6-15;1-8-12(16)13(17)11(19-8)3-2-9-6-10(7-15-9)18-5-4-14/h3-6,8-12,23-24H,2,7,13-14H2,1H3;3-5,7-10,13,23-24H,2,6,11-12H2,1H3;2-3,5-7,10-11,20-22H,4,8-9H2,1H3;2-3,5-7,17-18H,1,4,8-9H2;2,4-5,8,17-18H,1,3,6-7H2;3,6-7,15-17H,1-2,4-5H2/b20-12+;19-10+;16-7+;13-7+;12-5+;11-3+. The van der Waals surface area contributed by atoms with Crippen LogP contribution in [0, 0.1) is 20.8 Å². The molecule has 0 unspecified atom stereocenters. The van der Waals surface area contributed by atoms with Gasteiger partial charge in [0.15, 0.2) is 59.9 Å². The lowest BCUT2D eigenvalue weighted by molar-refractivity contribution is -0.135. The second kappa shape index (κ2) is 54.0. The van der Waals surface area contributed by atoms with Crippen LogP contribution in [0.4, 0.5) is 13.2 Å². The summed E-state index contributed by atoms with van der Waals surface area (Å²) in [4.78, 5) is 25.6. The van der Waals surface area contributed by atoms with E-state index in [-0.39, 0.29) is 198 Å². The molecule has 44 heteroatoms. The second-order valence-corrected chi connectivity index (χ2v) is 36.1. The molecular weight excluding hydrogens is 2000 g/mol. The molecule has 0 amide bonds. The van der Waals surface area contributed by atoms with Crippen LogP contribution in [0.2, 0.25) is 0 Å². The number of aromatic nitrogens is 4. The Morgan fingerprint density at radius 2 is 0.588 bits per heavy atom. The summed E-state index contributed by atoms with van der Waals surface area (Å²) < 4.78 is 185. The van der Waals surface area contributed by atoms with Crippen LogP contribution in [-0.2, 0) is 91.0 Å². The number of nitrogens with zero attached hydrogens (tertiary/aromatic N) is 2. The molecule has 5 aromatic carbocycles. The van der Waals surface area contributed by atoms with Crippen LogP contribution in [0.3, 0.4) is 0 Å². The van der Waals surface area contributed by atoms with Gasteiger partial charge in [0.2, 0.25) is 69.0 Å². The van der Waals surface area contributed by atoms with Crippen LogP contribution in [0.25, 0.3) is 63.3 Å². The number of hydrogen-bond acceptors (Lipinski definition) is 36. The first kappa shape index (κ1) is 113. The molecule has 10 heterocycles. The molecule has 0 atom stereocenters. The van der Waals surface area contributed by atoms with Crippen molar-refractivity contribution in [2.24, 2.45) is 0 Å². The van der Waals surface area contributed by atoms with Crippen LogP contribution in [-0.4, -0.2) is 192 Å². The first-order chi connectivity index (χ1) is 70.6. The molecule has 0 spiro atoms. The average molecular weight is 2110 g/mol. The average Bonchev–Trinajstić information content (AvgIpc) is 0.973. The number of aromatic hydroxyl groups is 10. The monoisotopic (exact) mass is 2110 g/mol. The number of pyridine rings is 2. The van der Waals surface area contributed by atoms with Gasteiger partial charge in [-0.15, -0.1) is 0 Å². The zero-order valence-corrected chi connectivity index (χ0v) is 82.1. The number of halogens is 3. The molecule has 14 N–H and O–H groups in total. The summed E-state index contributed by atoms with van der Waals surface area (Å²) in [6, 6.07) is 43.6. The maximum absolute atomic E-state index is 12.1. The summed E-state index contributed by atoms with van der Waals surface area (Å²) in [7, 11) is -11.5. The topological polar surface area (TPSA) is 578 Å². The fourth-order valence-electron chi connectivity index (χ4n) is 12.5. The van der Waals surface area contributed by atoms with Gasteiger partial charge >= 0.3 is 5.97 Å². The first-order valence-corrected chi connectivity index (χ1v) is 48.6. The van der Waals surface area contributed by atoms with E-state index in [1.165, 1.54) is 54.9 Å². The van der Waals surface area contributed by atoms with Gasteiger partial charge in [0, 0.05) is 73.0 Å². The number of ether oxygens (including phenoxy) is 7. The Balaban J connectivity index is 0.000000184. The highest BCUT2D eigenvalue weighted by molar-refractivity contribution is 7.87. The van der Waals surface area contributed by atoms with Gasteiger partial charge in [-0.1, -0.05) is 110 Å². The number of rotatable bonds is 39. The molecule has 1 aliphatic rings. The minimum absolute atomic E-state index is 0.00102. The number of aliphatic hydroxyl groups excluding tert-OH is 2. The molecule has 15 rings (SSSR count). The highest BCUT2D eigenvalue weighted by Crippen LogP contribution is 2.27. The van der Waals surface area contributed by atoms with E-state index >= 15 is 0 Å². The molecule has 0 fully saturated rings. The third-order valence-electron chi connectivity index (χ3n) is 20.3. The Labute approximate surface area is 843 Å². The van der Waals surface area contributed by atoms with Gasteiger partial charge in [0.1, 0.15) is 114 Å². The van der Waals surface area contributed by atoms with E-state index in [9.17, 15) is 104 Å². The lowest BCUT2D eigenvalue weighted by atomic mass is 10.1. The second-order valence-electron chi connectivity index (χ2n) is 31.2. The van der Waals surface area contributed by atoms with Crippen molar-refractivity contribution in [3.63, 3.8) is 0 Å². The molecule has 0 aliphatic carbocycles. The quantitative estimate of drug-likeness (QED) is 0.00968. The van der Waals surface area contributed by atoms with Crippen LogP contribution >= 0.6 is 0 Å². The lowest BCUT2D eigenvalue weighted by Crippen LogP contribution is -2.13. The van der Waals surface area contributed by atoms with E-state index in [0.717, 1.165) is 33.5 Å². The number of alkyl halides is 3. The van der Waals surface area contributed by atoms with Crippen LogP contribution in [0.1, 0.15) is 50.6 Å². The van der Waals surface area contributed by atoms with Crippen LogP contribution in [0.5, 0.6) is 92.0 Å². The number of carbonyl (C=O) groups excluding carboxylic acids is 1. The smallest absolute Gasteiger partial charge is 0.383 e. The summed E-state index contributed by atoms with van der Waals surface area (Å²) in [5.41, 5.74) is 8.41. The number of H-pyrrole nitrogens is 2. The Kier molecular flexibility index (Phi) is 41.2. The van der Waals surface area contributed by atoms with E-state index in [1.807, 2.05) is 45.0 Å². The zero-order valence-electron chi connectivity index (χ0n) is 79.6. The molecule has 9 aromatic heterocycles. The SMILES string of the molecule is C=c1o/c(=C/Cc2cc(OCCF)c[nH]2)c(O)c1O.C=c1o/c(=C/Cc2ccc(OCCF)cc2)c(O)c1O.C=c1o/c(=C/Cc2ccc(OCCF)cn2)c(O)c1O.C=c1o/c(=C/Cc2ccc(OCCOS(=O)(=O)c3ccc(C)cc3)cc2)c(O)c1O.C=c1o/c(=C/Cc2ccc(OCCOS(=O)(=O)c3ccc(C)cc3)cn2)c(O)c1O.Cc1ccc(S(=O)(=O)OCCOc2c[nH]c(C/C=C3/OC(=O)C(O)=C3O)c2)cc1. The van der Waals surface area contributed by atoms with Gasteiger partial charge in [0.25, 0.3) is 30.4 Å². The van der Waals surface area contributed by atoms with Crippen molar-refractivity contribution in [1.29, 1.82) is 0 Å². The van der Waals surface area contributed by atoms with Crippen molar-refractivity contribution in [2.45, 2.75) is 74.0 Å². The summed E-state index contributed by atoms with van der Waals surface area (Å²) in [6.45, 7) is 21.0. The Hall–Kier alpha value is -17.1. The Morgan fingerprint density at radius 1 is 0.318 bits per heavy atom. The molecule has 0 saturated carbocycles. The number of carbonyl (C=O) groups is 1. The van der Waals surface area contributed by atoms with Gasteiger partial charge in [-0.05, 0) is 166 Å². The number of allylic oxidation sites excluding steroid dienone is 1. The van der Waals surface area contributed by atoms with E-state index < -0.39 is 67.9 Å². The molecule has 0 bridgehead atoms. The minimum atomic E-state index is -3.84. The molecule has 1 aliphatic heterocycles. The third kappa shape index (κ3) is 33.5. The molecule has 148 heavy (non-hydrogen) atoms. The molecule has 14 aromatic rings. The van der Waals surface area contributed by atoms with Crippen molar-refractivity contribution in [2.75, 3.05) is 79.5 Å². The Bertz CT molecular complexity index is 7550. The molecule has 0 saturated heterocycles. The Morgan fingerprint density at radius 3 is 0.872 bits per heavy atom. The van der Waals surface area contributed by atoms with Crippen molar-refractivity contribution < 1.29 is 172 Å². The molecular formula is C104H105F3N4O34S3. The number of furan rings is 5. The summed E-state index contributed by atoms with van der Waals surface area (Å²) in [5.74, 6) is -2.93. The van der Waals surface area contributed by atoms with Gasteiger partial charge in [-0.3, -0.25) is 22.5 Å². The predicted octanol–water partition coefficient (Wildman–Crippen LogP) is 9.39. The third-order valence-corrected chi connectivity index (χ3v) is 24.3. The van der Waals surface area contributed by atoms with E-state index in [2.05, 4.69) is 52.8 Å². The maximum atomic E-state index is 12.1. The van der Waals surface area contributed by atoms with E-state index in [0.29, 0.717) is 83.7 Å². The normalized spacial score (nSPS) is 12.8. The highest BCUT2D eigenvalue weighted by atomic mass is 32.2. The zero-order chi connectivity index (χ0) is 107. The fraction of sp³-hybridized carbons (Fsp3) is 0.202. The number of nitrogens with one attached hydrogen (secondary N) is 2. The summed E-state index contributed by atoms with van der Waals surface area (Å²) in [6.07, 6.45) is 18.0. The number of aromatic amines is 2. The van der Waals surface area contributed by atoms with Gasteiger partial charge < -0.3 is 126 Å².